The first-order valence-corrected chi connectivity index (χ1v) is 47.2. The van der Waals surface area contributed by atoms with Crippen molar-refractivity contribution in [3.63, 3.8) is 0 Å². The van der Waals surface area contributed by atoms with Crippen LogP contribution in [-0.4, -0.2) is 177 Å². The van der Waals surface area contributed by atoms with Crippen LogP contribution in [0.15, 0.2) is 219 Å². The molecule has 4 aliphatic carbocycles. The number of pyridine rings is 2. The van der Waals surface area contributed by atoms with Gasteiger partial charge in [-0.2, -0.15) is 0 Å². The standard InChI is InChI=1S/C12H23P.C12H11P.C10H14N2.C10H12O.C9H13N.C8H12N2.C8H8O.C7H6O.C6H16N2.C6H5NO.C6H10O.C5H14N2.C5H10.C2H4O.Fe/c2*1-3-7-11(8-4-1)13-12-9-5-2-6-10-12;1-2-4-10(5-3-1)12-8-6-11-7-9-12;1-7-4-8(2)10(6-11)9(3)5-7;1-6-4-7(2)9(10)8(3)5-6;1-9-7-5-8-4-2-3-6-10-8;1-7-2-4-8(6-9)5-3-7;8-6-7-4-2-1-3-5-7;1-7-5-4-6-8(2)3;8-5-6-3-1-2-4-7-6;7-5-6-3-1-2-4-6;1-6-4-5-7(2)3;1-2-4-5-3-1;1-2-3;/h11-13H,1-10H2;1-10,13H;1-5,11H,6-9H2;4-6H,1-3H3;4-5H,10H2,1-3H3;2-4,6,9H,5,7H2,1H3;2-6H,1H3;1-6H;7H,4-6H2,1-3H3;1-5H;5-6H,1-4H2;6H,4-5H2,1-3H3;1-5H2;2H,1H3;. The van der Waals surface area contributed by atoms with Gasteiger partial charge in [0, 0.05) is 121 Å². The predicted octanol–water partition coefficient (Wildman–Crippen LogP) is 20.9. The van der Waals surface area contributed by atoms with Crippen LogP contribution in [-0.2, 0) is 33.1 Å². The Bertz CT molecular complexity index is 3870. The molecule has 6 N–H and O–H groups in total. The predicted molar refractivity (Wildman–Crippen MR) is 537 cm³/mol. The van der Waals surface area contributed by atoms with Crippen molar-refractivity contribution in [2.75, 3.05) is 119 Å². The molecular weight excluding hydrogens is 1630 g/mol. The molecule has 16 nitrogen and oxygen atoms in total. The van der Waals surface area contributed by atoms with Crippen LogP contribution in [0.4, 0.5) is 11.4 Å². The zero-order chi connectivity index (χ0) is 91.3. The van der Waals surface area contributed by atoms with E-state index in [1.807, 2.05) is 142 Å². The third-order valence-electron chi connectivity index (χ3n) is 20.3. The maximum atomic E-state index is 10.6. The van der Waals surface area contributed by atoms with Gasteiger partial charge in [0.2, 0.25) is 0 Å². The van der Waals surface area contributed by atoms with Crippen LogP contribution in [0.5, 0.6) is 0 Å². The van der Waals surface area contributed by atoms with Crippen molar-refractivity contribution in [3.8, 4) is 0 Å². The van der Waals surface area contributed by atoms with Crippen LogP contribution in [0.25, 0.3) is 0 Å². The van der Waals surface area contributed by atoms with E-state index in [0.29, 0.717) is 11.6 Å². The molecule has 0 unspecified atom stereocenters. The largest absolute Gasteiger partial charge is 0.398 e. The molecule has 0 spiro atoms. The van der Waals surface area contributed by atoms with Gasteiger partial charge in [0.15, 0.2) is 12.6 Å². The Balaban J connectivity index is 0.00000134. The topological polar surface area (TPSA) is 212 Å². The van der Waals surface area contributed by atoms with Crippen molar-refractivity contribution in [3.05, 3.63) is 286 Å². The quantitative estimate of drug-likeness (QED) is 0.0158. The van der Waals surface area contributed by atoms with Gasteiger partial charge in [0.25, 0.3) is 0 Å². The van der Waals surface area contributed by atoms with Crippen LogP contribution in [0.2, 0.25) is 0 Å². The number of benzene rings is 7. The van der Waals surface area contributed by atoms with E-state index < -0.39 is 0 Å². The molecule has 1 aliphatic heterocycles. The number of carbonyl (C=O) groups is 6. The molecule has 3 heterocycles. The van der Waals surface area contributed by atoms with Gasteiger partial charge in [0.1, 0.15) is 30.8 Å². The van der Waals surface area contributed by atoms with Crippen LogP contribution < -0.4 is 42.5 Å². The Hall–Kier alpha value is -8.40. The average molecular weight is 1790 g/mol. The second-order valence-electron chi connectivity index (χ2n) is 32.0. The summed E-state index contributed by atoms with van der Waals surface area (Å²) in [5.41, 5.74) is 22.4. The molecule has 5 fully saturated rings. The number of nitrogens with two attached hydrogens (primary N) is 1. The van der Waals surface area contributed by atoms with Crippen molar-refractivity contribution in [2.45, 2.75) is 202 Å². The molecule has 9 aromatic rings. The summed E-state index contributed by atoms with van der Waals surface area (Å²) < 4.78 is 0. The van der Waals surface area contributed by atoms with E-state index in [1.54, 1.807) is 62.2 Å². The number of hydrogen-bond donors (Lipinski definition) is 5. The number of nitrogen functional groups attached to an aromatic ring is 1. The van der Waals surface area contributed by atoms with E-state index in [0.717, 1.165) is 168 Å². The molecule has 4 saturated carbocycles. The van der Waals surface area contributed by atoms with Gasteiger partial charge in [-0.05, 0) is 243 Å². The van der Waals surface area contributed by atoms with Crippen molar-refractivity contribution < 1.29 is 45.8 Å². The summed E-state index contributed by atoms with van der Waals surface area (Å²) in [5.74, 6) is 0.417. The van der Waals surface area contributed by atoms with Crippen LogP contribution in [0.3, 0.4) is 0 Å². The summed E-state index contributed by atoms with van der Waals surface area (Å²) in [6.07, 6.45) is 38.6. The van der Waals surface area contributed by atoms with Gasteiger partial charge < -0.3 is 51.3 Å². The van der Waals surface area contributed by atoms with Gasteiger partial charge in [0.05, 0.1) is 0 Å². The summed E-state index contributed by atoms with van der Waals surface area (Å²) in [5, 5.41) is 15.4. The average Bonchev–Trinajstić information content (AvgIpc) is 1.63. The molecule has 2 aromatic heterocycles. The van der Waals surface area contributed by atoms with Crippen LogP contribution >= 0.6 is 17.2 Å². The molecule has 5 aliphatic rings. The number of likely N-dealkylation sites (N-methyl/N-ethyl adjacent to an activating group) is 3. The molecule has 7 aromatic carbocycles. The van der Waals surface area contributed by atoms with Crippen molar-refractivity contribution >= 4 is 76.9 Å². The zero-order valence-corrected chi connectivity index (χ0v) is 81.9. The van der Waals surface area contributed by atoms with E-state index in [2.05, 4.69) is 184 Å². The molecule has 0 atom stereocenters. The third-order valence-corrected chi connectivity index (χ3v) is 23.7. The van der Waals surface area contributed by atoms with Crippen LogP contribution in [0.1, 0.15) is 222 Å². The monoisotopic (exact) mass is 1790 g/mol. The molecule has 686 valence electrons. The molecule has 19 heteroatoms. The number of carbonyl (C=O) groups excluding carboxylic acids is 6. The summed E-state index contributed by atoms with van der Waals surface area (Å²) in [6, 6.07) is 67.7. The molecule has 14 rings (SSSR count). The number of rotatable bonds is 20. The van der Waals surface area contributed by atoms with Gasteiger partial charge in [-0.1, -0.05) is 279 Å². The SMILES string of the molecule is C1CCC(PC2CCCCC2)CC1.C1CCCC1.CC=O.CNCCCN(C)C.CNCCN(C)C.CNCCc1ccccn1.Cc1cc(C)c(C=O)c(C)c1.Cc1cc(C)c(N)c(C)c1.Cc1ccc(C=O)cc1.O=CC1CCCC1.O=Cc1ccccc1.O=Cc1ccccn1.[Fe].c1ccc(N2CCNCC2)cc1.c1ccc(Pc2ccccc2)cc1. The smallest absolute Gasteiger partial charge is 0.168 e. The minimum atomic E-state index is 0. The fourth-order valence-electron chi connectivity index (χ4n) is 13.5. The number of anilines is 2. The number of aromatic nitrogens is 2. The molecule has 0 radical (unpaired) electrons. The van der Waals surface area contributed by atoms with Crippen molar-refractivity contribution in [1.82, 2.24) is 41.0 Å². The third kappa shape index (κ3) is 64.1. The molecular formula is C106H158FeN10O6P2. The molecule has 125 heavy (non-hydrogen) atoms. The first-order chi connectivity index (χ1) is 60.1. The first-order valence-electron chi connectivity index (χ1n) is 45.0. The van der Waals surface area contributed by atoms with Gasteiger partial charge in [-0.25, -0.2) is 0 Å². The Morgan fingerprint density at radius 3 is 1.20 bits per heavy atom. The van der Waals surface area contributed by atoms with Gasteiger partial charge >= 0.3 is 0 Å². The van der Waals surface area contributed by atoms with Crippen LogP contribution in [0, 0.1) is 54.4 Å². The fourth-order valence-corrected chi connectivity index (χ4v) is 16.7. The van der Waals surface area contributed by atoms with Crippen molar-refractivity contribution in [1.29, 1.82) is 0 Å². The Labute approximate surface area is 770 Å². The normalized spacial score (nSPS) is 13.4. The maximum Gasteiger partial charge on any atom is 0.168 e. The summed E-state index contributed by atoms with van der Waals surface area (Å²) in [6.45, 7) is 25.5. The molecule has 1 saturated heterocycles. The Morgan fingerprint density at radius 1 is 0.440 bits per heavy atom. The number of hydrogen-bond acceptors (Lipinski definition) is 16. The number of aryl methyl sites for hydroxylation is 7. The number of nitrogens with zero attached hydrogens (tertiary/aromatic N) is 5. The molecule has 0 bridgehead atoms. The second kappa shape index (κ2) is 80.2. The Morgan fingerprint density at radius 2 is 0.840 bits per heavy atom. The summed E-state index contributed by atoms with van der Waals surface area (Å²) in [7, 11) is 16.3. The number of aldehydes is 6. The summed E-state index contributed by atoms with van der Waals surface area (Å²) in [4.78, 5) is 74.1. The van der Waals surface area contributed by atoms with Gasteiger partial charge in [-0.15, -0.1) is 8.58 Å². The van der Waals surface area contributed by atoms with E-state index in [1.165, 1.54) is 156 Å². The van der Waals surface area contributed by atoms with Crippen molar-refractivity contribution in [2.24, 2.45) is 5.92 Å². The Kier molecular flexibility index (Phi) is 74.8. The number of para-hydroxylation sites is 1. The minimum absolute atomic E-state index is 0. The first kappa shape index (κ1) is 117. The zero-order valence-electron chi connectivity index (χ0n) is 78.8. The van der Waals surface area contributed by atoms with E-state index in [9.17, 15) is 24.0 Å². The second-order valence-corrected chi connectivity index (χ2v) is 35.3. The van der Waals surface area contributed by atoms with E-state index >= 15 is 0 Å². The maximum absolute atomic E-state index is 10.6. The molecule has 0 amide bonds. The minimum Gasteiger partial charge on any atom is -0.398 e. The number of nitrogens with one attached hydrogen (secondary N) is 4. The summed E-state index contributed by atoms with van der Waals surface area (Å²) >= 11 is 0. The fraction of sp³-hybridized carbons (Fsp3) is 0.453. The van der Waals surface area contributed by atoms with Gasteiger partial charge in [-0.3, -0.25) is 29.1 Å². The number of piperazine rings is 1. The van der Waals surface area contributed by atoms with E-state index in [-0.39, 0.29) is 17.1 Å². The van der Waals surface area contributed by atoms with E-state index in [4.69, 9.17) is 10.5 Å².